The van der Waals surface area contributed by atoms with Gasteiger partial charge in [-0.3, -0.25) is 4.79 Å². The first kappa shape index (κ1) is 20.2. The molecular weight excluding hydrogens is 384 g/mol. The van der Waals surface area contributed by atoms with Crippen molar-refractivity contribution in [3.8, 4) is 11.8 Å². The minimum Gasteiger partial charge on any atom is -0.488 e. The standard InChI is InChI=1S/C24H19ClN2O2/c1-17-7-10-22(11-8-17)27-24(28)20(15-26)13-19-14-21(25)9-12-23(19)29-16-18-5-3-2-4-6-18/h2-14H,16H2,1H3,(H,27,28)/b20-13+. The maximum Gasteiger partial charge on any atom is 0.266 e. The largest absolute Gasteiger partial charge is 0.488 e. The van der Waals surface area contributed by atoms with Crippen LogP contribution in [-0.4, -0.2) is 5.91 Å². The van der Waals surface area contributed by atoms with Crippen molar-refractivity contribution in [3.63, 3.8) is 0 Å². The monoisotopic (exact) mass is 402 g/mol. The molecule has 144 valence electrons. The van der Waals surface area contributed by atoms with Crippen LogP contribution in [0.15, 0.2) is 78.4 Å². The van der Waals surface area contributed by atoms with E-state index in [0.29, 0.717) is 28.6 Å². The Balaban J connectivity index is 1.82. The molecule has 0 fully saturated rings. The molecule has 0 aromatic heterocycles. The molecule has 0 aliphatic heterocycles. The van der Waals surface area contributed by atoms with E-state index >= 15 is 0 Å². The Kier molecular flexibility index (Phi) is 6.67. The zero-order valence-corrected chi connectivity index (χ0v) is 16.6. The molecule has 0 aliphatic rings. The zero-order valence-electron chi connectivity index (χ0n) is 15.9. The van der Waals surface area contributed by atoms with Gasteiger partial charge in [0.2, 0.25) is 0 Å². The van der Waals surface area contributed by atoms with Crippen LogP contribution >= 0.6 is 11.6 Å². The number of hydrogen-bond donors (Lipinski definition) is 1. The number of anilines is 1. The summed E-state index contributed by atoms with van der Waals surface area (Å²) in [5.41, 5.74) is 3.23. The molecule has 0 heterocycles. The molecule has 5 heteroatoms. The van der Waals surface area contributed by atoms with Crippen LogP contribution < -0.4 is 10.1 Å². The molecule has 4 nitrogen and oxygen atoms in total. The number of benzene rings is 3. The lowest BCUT2D eigenvalue weighted by atomic mass is 10.1. The molecule has 3 aromatic carbocycles. The van der Waals surface area contributed by atoms with Crippen LogP contribution in [0.25, 0.3) is 6.08 Å². The Morgan fingerprint density at radius 1 is 1.10 bits per heavy atom. The van der Waals surface area contributed by atoms with Crippen molar-refractivity contribution in [3.05, 3.63) is 100 Å². The summed E-state index contributed by atoms with van der Waals surface area (Å²) < 4.78 is 5.89. The van der Waals surface area contributed by atoms with Crippen LogP contribution in [0.4, 0.5) is 5.69 Å². The van der Waals surface area contributed by atoms with E-state index in [-0.39, 0.29) is 5.57 Å². The molecule has 3 aromatic rings. The summed E-state index contributed by atoms with van der Waals surface area (Å²) in [6, 6.07) is 24.1. The van der Waals surface area contributed by atoms with Crippen LogP contribution in [0.3, 0.4) is 0 Å². The fraction of sp³-hybridized carbons (Fsp3) is 0.0833. The lowest BCUT2D eigenvalue weighted by molar-refractivity contribution is -0.112. The first-order valence-electron chi connectivity index (χ1n) is 9.01. The van der Waals surface area contributed by atoms with Crippen molar-refractivity contribution < 1.29 is 9.53 Å². The molecule has 1 amide bonds. The molecule has 3 rings (SSSR count). The zero-order chi connectivity index (χ0) is 20.6. The molecule has 0 unspecified atom stereocenters. The Hall–Kier alpha value is -3.55. The highest BCUT2D eigenvalue weighted by Crippen LogP contribution is 2.26. The summed E-state index contributed by atoms with van der Waals surface area (Å²) in [7, 11) is 0. The molecule has 1 N–H and O–H groups in total. The van der Waals surface area contributed by atoms with Crippen LogP contribution in [0.5, 0.6) is 5.75 Å². The minimum absolute atomic E-state index is 0.0441. The number of halogens is 1. The summed E-state index contributed by atoms with van der Waals surface area (Å²) in [5, 5.41) is 12.7. The average Bonchev–Trinajstić information content (AvgIpc) is 2.73. The van der Waals surface area contributed by atoms with E-state index in [1.165, 1.54) is 6.08 Å². The molecule has 0 bridgehead atoms. The van der Waals surface area contributed by atoms with E-state index in [0.717, 1.165) is 11.1 Å². The van der Waals surface area contributed by atoms with Gasteiger partial charge in [0.15, 0.2) is 0 Å². The lowest BCUT2D eigenvalue weighted by Gasteiger charge is -2.11. The van der Waals surface area contributed by atoms with Crippen LogP contribution in [0, 0.1) is 18.3 Å². The Morgan fingerprint density at radius 3 is 2.52 bits per heavy atom. The van der Waals surface area contributed by atoms with Gasteiger partial charge in [-0.2, -0.15) is 5.26 Å². The maximum atomic E-state index is 12.5. The number of carbonyl (C=O) groups excluding carboxylic acids is 1. The Morgan fingerprint density at radius 2 is 1.83 bits per heavy atom. The van der Waals surface area contributed by atoms with Crippen molar-refractivity contribution >= 4 is 29.3 Å². The van der Waals surface area contributed by atoms with Gasteiger partial charge >= 0.3 is 0 Å². The van der Waals surface area contributed by atoms with E-state index in [2.05, 4.69) is 5.32 Å². The fourth-order valence-electron chi connectivity index (χ4n) is 2.64. The third-order valence-electron chi connectivity index (χ3n) is 4.18. The Labute approximate surface area is 175 Å². The number of aryl methyl sites for hydroxylation is 1. The van der Waals surface area contributed by atoms with Gasteiger partial charge in [0, 0.05) is 16.3 Å². The van der Waals surface area contributed by atoms with Crippen LogP contribution in [-0.2, 0) is 11.4 Å². The third-order valence-corrected chi connectivity index (χ3v) is 4.42. The highest BCUT2D eigenvalue weighted by atomic mass is 35.5. The topological polar surface area (TPSA) is 62.1 Å². The first-order chi connectivity index (χ1) is 14.0. The van der Waals surface area contributed by atoms with Gasteiger partial charge in [0.25, 0.3) is 5.91 Å². The molecule has 0 aliphatic carbocycles. The number of nitriles is 1. The number of ether oxygens (including phenoxy) is 1. The van der Waals surface area contributed by atoms with Crippen molar-refractivity contribution in [1.82, 2.24) is 0 Å². The quantitative estimate of drug-likeness (QED) is 0.420. The second-order valence-electron chi connectivity index (χ2n) is 6.45. The molecule has 0 spiro atoms. The highest BCUT2D eigenvalue weighted by molar-refractivity contribution is 6.30. The first-order valence-corrected chi connectivity index (χ1v) is 9.39. The van der Waals surface area contributed by atoms with E-state index in [1.54, 1.807) is 30.3 Å². The van der Waals surface area contributed by atoms with Crippen LogP contribution in [0.1, 0.15) is 16.7 Å². The summed E-state index contributed by atoms with van der Waals surface area (Å²) in [4.78, 5) is 12.5. The van der Waals surface area contributed by atoms with Crippen molar-refractivity contribution in [2.75, 3.05) is 5.32 Å². The van der Waals surface area contributed by atoms with Gasteiger partial charge in [-0.05, 0) is 48.9 Å². The third kappa shape index (κ3) is 5.71. The lowest BCUT2D eigenvalue weighted by Crippen LogP contribution is -2.13. The van der Waals surface area contributed by atoms with E-state index in [9.17, 15) is 10.1 Å². The predicted octanol–water partition coefficient (Wildman–Crippen LogP) is 5.77. The second-order valence-corrected chi connectivity index (χ2v) is 6.88. The number of amides is 1. The molecule has 0 radical (unpaired) electrons. The highest BCUT2D eigenvalue weighted by Gasteiger charge is 2.12. The number of rotatable bonds is 6. The Bertz CT molecular complexity index is 1070. The number of nitrogens with zero attached hydrogens (tertiary/aromatic N) is 1. The molecule has 0 atom stereocenters. The summed E-state index contributed by atoms with van der Waals surface area (Å²) in [6.07, 6.45) is 1.48. The average molecular weight is 403 g/mol. The molecular formula is C24H19ClN2O2. The predicted molar refractivity (Wildman–Crippen MR) is 116 cm³/mol. The number of nitrogens with one attached hydrogen (secondary N) is 1. The smallest absolute Gasteiger partial charge is 0.266 e. The number of hydrogen-bond acceptors (Lipinski definition) is 3. The maximum absolute atomic E-state index is 12.5. The van der Waals surface area contributed by atoms with Gasteiger partial charge < -0.3 is 10.1 Å². The van der Waals surface area contributed by atoms with Crippen molar-refractivity contribution in [2.24, 2.45) is 0 Å². The number of carbonyl (C=O) groups is 1. The van der Waals surface area contributed by atoms with Crippen LogP contribution in [0.2, 0.25) is 5.02 Å². The van der Waals surface area contributed by atoms with Gasteiger partial charge in [-0.25, -0.2) is 0 Å². The SMILES string of the molecule is Cc1ccc(NC(=O)/C(C#N)=C/c2cc(Cl)ccc2OCc2ccccc2)cc1. The normalized spacial score (nSPS) is 10.9. The fourth-order valence-corrected chi connectivity index (χ4v) is 2.82. The van der Waals surface area contributed by atoms with E-state index < -0.39 is 5.91 Å². The van der Waals surface area contributed by atoms with Crippen molar-refractivity contribution in [2.45, 2.75) is 13.5 Å². The summed E-state index contributed by atoms with van der Waals surface area (Å²) in [5.74, 6) is 0.0412. The summed E-state index contributed by atoms with van der Waals surface area (Å²) in [6.45, 7) is 2.32. The van der Waals surface area contributed by atoms with E-state index in [4.69, 9.17) is 16.3 Å². The van der Waals surface area contributed by atoms with E-state index in [1.807, 2.05) is 55.5 Å². The molecule has 0 saturated carbocycles. The molecule has 0 saturated heterocycles. The molecule has 29 heavy (non-hydrogen) atoms. The minimum atomic E-state index is -0.495. The van der Waals surface area contributed by atoms with Gasteiger partial charge in [-0.15, -0.1) is 0 Å². The van der Waals surface area contributed by atoms with Gasteiger partial charge in [0.1, 0.15) is 24.0 Å². The second kappa shape index (κ2) is 9.59. The van der Waals surface area contributed by atoms with Crippen molar-refractivity contribution in [1.29, 1.82) is 5.26 Å². The summed E-state index contributed by atoms with van der Waals surface area (Å²) >= 11 is 6.12. The van der Waals surface area contributed by atoms with Gasteiger partial charge in [-0.1, -0.05) is 59.6 Å². The van der Waals surface area contributed by atoms with Gasteiger partial charge in [0.05, 0.1) is 0 Å².